The molecular formula is C28H31F6IN8O12. The summed E-state index contributed by atoms with van der Waals surface area (Å²) in [6.07, 6.45) is -13.0. The molecule has 304 valence electrons. The highest BCUT2D eigenvalue weighted by molar-refractivity contribution is 14.1. The third kappa shape index (κ3) is 12.5. The minimum atomic E-state index is -5.05. The minimum Gasteiger partial charge on any atom is -0.394 e. The highest BCUT2D eigenvalue weighted by atomic mass is 127. The van der Waals surface area contributed by atoms with Crippen molar-refractivity contribution < 1.29 is 76.0 Å². The van der Waals surface area contributed by atoms with E-state index in [2.05, 4.69) is 28.2 Å². The number of hydrogen-bond donors (Lipinski definition) is 10. The highest BCUT2D eigenvalue weighted by Crippen LogP contribution is 2.29. The smallest absolute Gasteiger partial charge is 0.394 e. The number of aliphatic hydroxyl groups excluding tert-OH is 6. The van der Waals surface area contributed by atoms with Crippen molar-refractivity contribution in [1.82, 2.24) is 29.7 Å². The molecule has 20 nitrogen and oxygen atoms in total. The number of alkyl halides is 6. The number of aliphatic hydroxyl groups is 6. The average Bonchev–Trinajstić information content (AvgIpc) is 3.56. The van der Waals surface area contributed by atoms with Crippen LogP contribution < -0.4 is 33.5 Å². The molecular weight excluding hydrogens is 881 g/mol. The fourth-order valence-electron chi connectivity index (χ4n) is 4.22. The van der Waals surface area contributed by atoms with Gasteiger partial charge in [0.15, 0.2) is 12.5 Å². The summed E-state index contributed by atoms with van der Waals surface area (Å²) in [5.74, 6) is 1.96. The zero-order valence-electron chi connectivity index (χ0n) is 27.4. The van der Waals surface area contributed by atoms with Crippen LogP contribution in [0.1, 0.15) is 18.0 Å². The molecule has 0 saturated carbocycles. The van der Waals surface area contributed by atoms with Gasteiger partial charge in [0.2, 0.25) is 0 Å². The van der Waals surface area contributed by atoms with E-state index in [-0.39, 0.29) is 17.2 Å². The average molecular weight is 912 g/mol. The molecule has 2 aromatic rings. The van der Waals surface area contributed by atoms with Gasteiger partial charge in [0.1, 0.15) is 48.3 Å². The summed E-state index contributed by atoms with van der Waals surface area (Å²) in [7, 11) is 0. The van der Waals surface area contributed by atoms with Crippen LogP contribution in [0.4, 0.5) is 38.0 Å². The van der Waals surface area contributed by atoms with Crippen molar-refractivity contribution in [3.8, 4) is 24.2 Å². The first-order valence-electron chi connectivity index (χ1n) is 14.8. The molecule has 0 aliphatic carbocycles. The molecule has 2 aliphatic rings. The van der Waals surface area contributed by atoms with Gasteiger partial charge in [0.25, 0.3) is 0 Å². The molecule has 2 aliphatic heterocycles. The molecule has 0 aromatic carbocycles. The molecule has 4 rings (SSSR count). The molecule has 2 amide bonds. The molecule has 2 unspecified atom stereocenters. The Labute approximate surface area is 317 Å². The molecule has 2 aromatic heterocycles. The van der Waals surface area contributed by atoms with Gasteiger partial charge < -0.3 is 62.2 Å². The lowest BCUT2D eigenvalue weighted by molar-refractivity contribution is -0.173. The van der Waals surface area contributed by atoms with Gasteiger partial charge in [-0.3, -0.25) is 18.7 Å². The minimum absolute atomic E-state index is 0.0867. The van der Waals surface area contributed by atoms with Crippen molar-refractivity contribution in [3.63, 3.8) is 0 Å². The number of nitrogen functional groups attached to an aromatic ring is 2. The third-order valence-corrected chi connectivity index (χ3v) is 7.76. The Hall–Kier alpha value is -4.59. The van der Waals surface area contributed by atoms with Gasteiger partial charge in [0, 0.05) is 12.4 Å². The molecule has 12 N–H and O–H groups in total. The monoisotopic (exact) mass is 912 g/mol. The van der Waals surface area contributed by atoms with E-state index in [1.807, 2.05) is 28.5 Å². The van der Waals surface area contributed by atoms with E-state index in [0.29, 0.717) is 3.57 Å². The van der Waals surface area contributed by atoms with Crippen LogP contribution in [-0.4, -0.2) is 137 Å². The van der Waals surface area contributed by atoms with Gasteiger partial charge in [-0.05, 0) is 22.6 Å². The molecule has 2 saturated heterocycles. The van der Waals surface area contributed by atoms with Crippen molar-refractivity contribution in [1.29, 1.82) is 0 Å². The summed E-state index contributed by atoms with van der Waals surface area (Å²) in [5.41, 5.74) is 9.28. The van der Waals surface area contributed by atoms with Gasteiger partial charge in [0.05, 0.1) is 35.4 Å². The van der Waals surface area contributed by atoms with Gasteiger partial charge in [-0.15, -0.1) is 6.42 Å². The first-order chi connectivity index (χ1) is 25.5. The summed E-state index contributed by atoms with van der Waals surface area (Å²) in [6, 6.07) is 0. The second kappa shape index (κ2) is 19.8. The summed E-state index contributed by atoms with van der Waals surface area (Å²) < 4.78 is 82.8. The highest BCUT2D eigenvalue weighted by Gasteiger charge is 2.45. The van der Waals surface area contributed by atoms with E-state index >= 15 is 0 Å². The van der Waals surface area contributed by atoms with Gasteiger partial charge >= 0.3 is 35.5 Å². The number of carbonyl (C=O) groups excluding carboxylic acids is 2. The molecule has 2 fully saturated rings. The number of amides is 2. The van der Waals surface area contributed by atoms with Crippen LogP contribution in [0.3, 0.4) is 0 Å². The van der Waals surface area contributed by atoms with E-state index in [1.54, 1.807) is 0 Å². The number of anilines is 2. The van der Waals surface area contributed by atoms with E-state index in [0.717, 1.165) is 15.3 Å². The Kier molecular flexibility index (Phi) is 16.8. The number of hydrogen-bond acceptors (Lipinski definition) is 16. The fraction of sp³-hybridized carbons (Fsp3) is 0.500. The number of rotatable bonds is 6. The lowest BCUT2D eigenvalue weighted by Gasteiger charge is -2.17. The largest absolute Gasteiger partial charge is 0.471 e. The Morgan fingerprint density at radius 3 is 1.62 bits per heavy atom. The first-order valence-corrected chi connectivity index (χ1v) is 15.9. The number of halogens is 7. The van der Waals surface area contributed by atoms with Crippen molar-refractivity contribution in [2.24, 2.45) is 0 Å². The van der Waals surface area contributed by atoms with E-state index in [4.69, 9.17) is 31.2 Å². The molecule has 0 bridgehead atoms. The number of nitrogens with two attached hydrogens (primary N) is 2. The van der Waals surface area contributed by atoms with Gasteiger partial charge in [-0.2, -0.15) is 36.3 Å². The van der Waals surface area contributed by atoms with Crippen LogP contribution in [-0.2, 0) is 19.1 Å². The lowest BCUT2D eigenvalue weighted by atomic mass is 10.1. The Morgan fingerprint density at radius 2 is 1.22 bits per heavy atom. The van der Waals surface area contributed by atoms with E-state index in [9.17, 15) is 65.9 Å². The number of ether oxygens (including phenoxy) is 2. The fourth-order valence-corrected chi connectivity index (χ4v) is 4.64. The normalized spacial score (nSPS) is 24.5. The van der Waals surface area contributed by atoms with Crippen LogP contribution in [0.2, 0.25) is 0 Å². The standard InChI is InChI=1S/C14H15F3N4O6.C9H12IN3O5.C5H4F3NO/c15-14(16,17)12(25)19-3-1-2-6-4-21(13(26)20-10(6)18)11-9(24)8(23)7(5-22)27-11;10-3-1-13(9(17)12-7(3)11)8-6(16)5(15)4(2-14)18-8;1-2-3-9-4(10)5(6,7)8/h4,7-9,11,22-24H,3,5H2,(H,19,25)(H2,18,20,26);1,4-6,8,14-16H,2H2,(H2,11,12,17);1H,3H2,(H,9,10)/t7-,8?,9+,11-;4-,5?,6+,8-;/m11./s1. The number of nitrogens with one attached hydrogen (secondary N) is 2. The predicted octanol–water partition coefficient (Wildman–Crippen LogP) is -4.19. The maximum Gasteiger partial charge on any atom is 0.471 e. The third-order valence-electron chi connectivity index (χ3n) is 6.92. The lowest BCUT2D eigenvalue weighted by Crippen LogP contribution is -2.37. The zero-order valence-corrected chi connectivity index (χ0v) is 29.6. The second-order valence-corrected chi connectivity index (χ2v) is 11.9. The van der Waals surface area contributed by atoms with Crippen molar-refractivity contribution >= 4 is 46.0 Å². The summed E-state index contributed by atoms with van der Waals surface area (Å²) in [5, 5.41) is 60.1. The van der Waals surface area contributed by atoms with Crippen molar-refractivity contribution in [3.05, 3.63) is 42.5 Å². The zero-order chi connectivity index (χ0) is 42.0. The van der Waals surface area contributed by atoms with Gasteiger partial charge in [-0.1, -0.05) is 17.8 Å². The summed E-state index contributed by atoms with van der Waals surface area (Å²) in [4.78, 5) is 51.2. The molecule has 55 heavy (non-hydrogen) atoms. The van der Waals surface area contributed by atoms with E-state index in [1.165, 1.54) is 16.8 Å². The Bertz CT molecular complexity index is 1900. The maximum absolute atomic E-state index is 12.1. The molecule has 8 atom stereocenters. The molecule has 4 heterocycles. The Morgan fingerprint density at radius 1 is 0.800 bits per heavy atom. The van der Waals surface area contributed by atoms with Crippen molar-refractivity contribution in [2.75, 3.05) is 37.8 Å². The van der Waals surface area contributed by atoms with Crippen LogP contribution in [0, 0.1) is 27.8 Å². The quantitative estimate of drug-likeness (QED) is 0.0747. The summed E-state index contributed by atoms with van der Waals surface area (Å²) in [6.45, 7) is -2.12. The van der Waals surface area contributed by atoms with Crippen LogP contribution >= 0.6 is 22.6 Å². The molecule has 27 heteroatoms. The maximum atomic E-state index is 12.1. The SMILES string of the molecule is C#CCNC(=O)C(F)(F)F.Nc1nc(=O)n([C@@H]2O[C@H](CO)C(O)[C@@H]2O)cc1C#CCNC(=O)C(F)(F)F.Nc1nc(=O)n([C@@H]2O[C@H](CO)C(O)[C@@H]2O)cc1I. The van der Waals surface area contributed by atoms with Gasteiger partial charge in [-0.25, -0.2) is 9.59 Å². The first kappa shape index (κ1) is 46.6. The molecule has 0 spiro atoms. The van der Waals surface area contributed by atoms with Crippen LogP contribution in [0.5, 0.6) is 0 Å². The predicted molar refractivity (Wildman–Crippen MR) is 178 cm³/mol. The second-order valence-electron chi connectivity index (χ2n) is 10.7. The number of aromatic nitrogens is 4. The number of nitrogens with zero attached hydrogens (tertiary/aromatic N) is 4. The Balaban J connectivity index is 0.000000320. The topological polar surface area (TPSA) is 320 Å². The van der Waals surface area contributed by atoms with Crippen LogP contribution in [0.15, 0.2) is 22.0 Å². The van der Waals surface area contributed by atoms with Crippen LogP contribution in [0.25, 0.3) is 0 Å². The number of carbonyl (C=O) groups is 2. The summed E-state index contributed by atoms with van der Waals surface area (Å²) >= 11 is 1.88. The number of terminal acetylenes is 1. The molecule has 0 radical (unpaired) electrons. The van der Waals surface area contributed by atoms with E-state index < -0.39 is 111 Å². The van der Waals surface area contributed by atoms with Crippen molar-refractivity contribution in [2.45, 2.75) is 61.4 Å².